The van der Waals surface area contributed by atoms with Gasteiger partial charge in [-0.15, -0.1) is 0 Å². The van der Waals surface area contributed by atoms with Crippen molar-refractivity contribution in [3.8, 4) is 0 Å². The number of carboxylic acid groups (broad SMARTS) is 1. The fourth-order valence-electron chi connectivity index (χ4n) is 1.53. The molecule has 1 rings (SSSR count). The second-order valence-electron chi connectivity index (χ2n) is 4.11. The smallest absolute Gasteiger partial charge is 0.335 e. The minimum atomic E-state index is -1.10. The third kappa shape index (κ3) is 5.90. The molecule has 3 N–H and O–H groups in total. The van der Waals surface area contributed by atoms with Crippen molar-refractivity contribution in [3.05, 3.63) is 28.8 Å². The Morgan fingerprint density at radius 1 is 1.30 bits per heavy atom. The molecule has 20 heavy (non-hydrogen) atoms. The number of urea groups is 1. The topological polar surface area (TPSA) is 87.7 Å². The molecule has 0 aliphatic rings. The van der Waals surface area contributed by atoms with Crippen molar-refractivity contribution in [2.75, 3.05) is 25.6 Å². The van der Waals surface area contributed by atoms with Gasteiger partial charge < -0.3 is 20.5 Å². The van der Waals surface area contributed by atoms with E-state index in [0.717, 1.165) is 12.8 Å². The molecular formula is C13H17ClN2O4. The summed E-state index contributed by atoms with van der Waals surface area (Å²) in [7, 11) is 1.62. The number of rotatable bonds is 7. The maximum absolute atomic E-state index is 11.6. The van der Waals surface area contributed by atoms with Gasteiger partial charge in [0.25, 0.3) is 0 Å². The van der Waals surface area contributed by atoms with Crippen molar-refractivity contribution in [2.45, 2.75) is 12.8 Å². The Hall–Kier alpha value is -1.79. The van der Waals surface area contributed by atoms with Crippen LogP contribution in [-0.4, -0.2) is 37.4 Å². The van der Waals surface area contributed by atoms with E-state index in [4.69, 9.17) is 21.4 Å². The summed E-state index contributed by atoms with van der Waals surface area (Å²) in [6.07, 6.45) is 1.66. The van der Waals surface area contributed by atoms with Gasteiger partial charge in [0.05, 0.1) is 5.56 Å². The fraction of sp³-hybridized carbons (Fsp3) is 0.385. The molecule has 6 nitrogen and oxygen atoms in total. The Labute approximate surface area is 122 Å². The lowest BCUT2D eigenvalue weighted by atomic mass is 10.2. The number of carboxylic acids is 1. The second-order valence-corrected chi connectivity index (χ2v) is 4.55. The Morgan fingerprint density at radius 2 is 2.05 bits per heavy atom. The van der Waals surface area contributed by atoms with Crippen molar-refractivity contribution in [1.29, 1.82) is 0 Å². The van der Waals surface area contributed by atoms with E-state index in [1.54, 1.807) is 7.11 Å². The lowest BCUT2D eigenvalue weighted by molar-refractivity contribution is 0.0697. The Kier molecular flexibility index (Phi) is 6.83. The van der Waals surface area contributed by atoms with Crippen LogP contribution in [0.3, 0.4) is 0 Å². The molecule has 0 unspecified atom stereocenters. The van der Waals surface area contributed by atoms with Crippen molar-refractivity contribution >= 4 is 29.3 Å². The van der Waals surface area contributed by atoms with Crippen molar-refractivity contribution in [3.63, 3.8) is 0 Å². The predicted octanol–water partition coefficient (Wildman–Crippen LogP) is 2.59. The summed E-state index contributed by atoms with van der Waals surface area (Å²) in [5, 5.41) is 14.3. The number of hydrogen-bond acceptors (Lipinski definition) is 3. The van der Waals surface area contributed by atoms with Crippen LogP contribution in [0.2, 0.25) is 5.02 Å². The van der Waals surface area contributed by atoms with E-state index in [0.29, 0.717) is 18.8 Å². The van der Waals surface area contributed by atoms with Gasteiger partial charge in [0.1, 0.15) is 0 Å². The summed E-state index contributed by atoms with van der Waals surface area (Å²) < 4.78 is 4.89. The monoisotopic (exact) mass is 300 g/mol. The van der Waals surface area contributed by atoms with Crippen LogP contribution in [0.25, 0.3) is 0 Å². The number of unbranched alkanes of at least 4 members (excludes halogenated alkanes) is 1. The molecular weight excluding hydrogens is 284 g/mol. The van der Waals surface area contributed by atoms with E-state index in [2.05, 4.69) is 10.6 Å². The number of carbonyl (C=O) groups is 2. The molecule has 7 heteroatoms. The minimum absolute atomic E-state index is 0.0212. The molecule has 0 atom stereocenters. The predicted molar refractivity (Wildman–Crippen MR) is 76.5 cm³/mol. The Morgan fingerprint density at radius 3 is 2.70 bits per heavy atom. The highest BCUT2D eigenvalue weighted by Crippen LogP contribution is 2.19. The molecule has 1 aromatic rings. The number of nitrogens with one attached hydrogen (secondary N) is 2. The molecule has 0 aromatic heterocycles. The Bertz CT molecular complexity index is 479. The summed E-state index contributed by atoms with van der Waals surface area (Å²) in [4.78, 5) is 22.5. The van der Waals surface area contributed by atoms with Crippen molar-refractivity contribution in [1.82, 2.24) is 5.32 Å². The van der Waals surface area contributed by atoms with Crippen LogP contribution in [0.15, 0.2) is 18.2 Å². The van der Waals surface area contributed by atoms with Crippen LogP contribution < -0.4 is 10.6 Å². The highest BCUT2D eigenvalue weighted by atomic mass is 35.5. The third-order valence-electron chi connectivity index (χ3n) is 2.46. The lowest BCUT2D eigenvalue weighted by Gasteiger charge is -2.08. The quantitative estimate of drug-likeness (QED) is 0.675. The van der Waals surface area contributed by atoms with Gasteiger partial charge in [-0.05, 0) is 31.0 Å². The van der Waals surface area contributed by atoms with E-state index in [1.807, 2.05) is 0 Å². The normalized spacial score (nSPS) is 10.1. The molecule has 0 aliphatic carbocycles. The molecule has 1 aromatic carbocycles. The van der Waals surface area contributed by atoms with E-state index < -0.39 is 12.0 Å². The number of halogens is 1. The molecule has 0 fully saturated rings. The molecule has 2 amide bonds. The molecule has 110 valence electrons. The average molecular weight is 301 g/mol. The number of ether oxygens (including phenoxy) is 1. The zero-order valence-corrected chi connectivity index (χ0v) is 11.9. The standard InChI is InChI=1S/C13H17ClN2O4/c1-20-5-3-2-4-15-13(19)16-11-7-9(12(17)18)6-10(14)8-11/h6-8H,2-5H2,1H3,(H,17,18)(H2,15,16,19). The van der Waals surface area contributed by atoms with Gasteiger partial charge in [-0.1, -0.05) is 11.6 Å². The van der Waals surface area contributed by atoms with E-state index in [1.165, 1.54) is 18.2 Å². The first-order chi connectivity index (χ1) is 9.52. The van der Waals surface area contributed by atoms with Gasteiger partial charge in [-0.2, -0.15) is 0 Å². The van der Waals surface area contributed by atoms with Crippen LogP contribution in [0, 0.1) is 0 Å². The summed E-state index contributed by atoms with van der Waals surface area (Å²) in [6.45, 7) is 1.17. The second kappa shape index (κ2) is 8.39. The lowest BCUT2D eigenvalue weighted by Crippen LogP contribution is -2.29. The highest BCUT2D eigenvalue weighted by molar-refractivity contribution is 6.31. The van der Waals surface area contributed by atoms with Crippen LogP contribution in [0.1, 0.15) is 23.2 Å². The third-order valence-corrected chi connectivity index (χ3v) is 2.68. The molecule has 0 spiro atoms. The Balaban J connectivity index is 2.47. The van der Waals surface area contributed by atoms with Gasteiger partial charge in [0.2, 0.25) is 0 Å². The van der Waals surface area contributed by atoms with Crippen LogP contribution in [0.5, 0.6) is 0 Å². The van der Waals surface area contributed by atoms with Crippen LogP contribution in [-0.2, 0) is 4.74 Å². The first kappa shape index (κ1) is 16.3. The number of carbonyl (C=O) groups excluding carboxylic acids is 1. The molecule has 0 aliphatic heterocycles. The van der Waals surface area contributed by atoms with Gasteiger partial charge >= 0.3 is 12.0 Å². The number of anilines is 1. The van der Waals surface area contributed by atoms with Crippen LogP contribution in [0.4, 0.5) is 10.5 Å². The SMILES string of the molecule is COCCCCNC(=O)Nc1cc(Cl)cc(C(=O)O)c1. The highest BCUT2D eigenvalue weighted by Gasteiger charge is 2.08. The fourth-order valence-corrected chi connectivity index (χ4v) is 1.77. The first-order valence-corrected chi connectivity index (χ1v) is 6.48. The van der Waals surface area contributed by atoms with Crippen LogP contribution >= 0.6 is 11.6 Å². The summed E-state index contributed by atoms with van der Waals surface area (Å²) in [5.74, 6) is -1.10. The first-order valence-electron chi connectivity index (χ1n) is 6.10. The summed E-state index contributed by atoms with van der Waals surface area (Å²) >= 11 is 5.79. The number of methoxy groups -OCH3 is 1. The van der Waals surface area contributed by atoms with Gasteiger partial charge in [0, 0.05) is 31.0 Å². The number of hydrogen-bond donors (Lipinski definition) is 3. The zero-order chi connectivity index (χ0) is 15.0. The maximum atomic E-state index is 11.6. The summed E-state index contributed by atoms with van der Waals surface area (Å²) in [6, 6.07) is 3.75. The average Bonchev–Trinajstić information content (AvgIpc) is 2.37. The molecule has 0 saturated carbocycles. The number of aromatic carboxylic acids is 1. The molecule has 0 bridgehead atoms. The van der Waals surface area contributed by atoms with Crippen molar-refractivity contribution in [2.24, 2.45) is 0 Å². The molecule has 0 heterocycles. The zero-order valence-electron chi connectivity index (χ0n) is 11.1. The summed E-state index contributed by atoms with van der Waals surface area (Å²) in [5.41, 5.74) is 0.359. The maximum Gasteiger partial charge on any atom is 0.335 e. The van der Waals surface area contributed by atoms with E-state index >= 15 is 0 Å². The van der Waals surface area contributed by atoms with E-state index in [9.17, 15) is 9.59 Å². The molecule has 0 saturated heterocycles. The molecule has 0 radical (unpaired) electrons. The van der Waals surface area contributed by atoms with Crippen molar-refractivity contribution < 1.29 is 19.4 Å². The number of benzene rings is 1. The minimum Gasteiger partial charge on any atom is -0.478 e. The van der Waals surface area contributed by atoms with Gasteiger partial charge in [0.15, 0.2) is 0 Å². The van der Waals surface area contributed by atoms with Gasteiger partial charge in [-0.3, -0.25) is 0 Å². The largest absolute Gasteiger partial charge is 0.478 e. The van der Waals surface area contributed by atoms with Gasteiger partial charge in [-0.25, -0.2) is 9.59 Å². The van der Waals surface area contributed by atoms with E-state index in [-0.39, 0.29) is 10.6 Å². The number of amides is 2.